The molecular formula is C13H18ClN2O3+. The third-order valence-electron chi connectivity index (χ3n) is 2.97. The van der Waals surface area contributed by atoms with Crippen molar-refractivity contribution >= 4 is 23.6 Å². The van der Waals surface area contributed by atoms with Crippen LogP contribution in [0.5, 0.6) is 0 Å². The zero-order valence-electron chi connectivity index (χ0n) is 11.2. The van der Waals surface area contributed by atoms with Gasteiger partial charge in [0.25, 0.3) is 5.91 Å². The maximum Gasteiger partial charge on any atom is 0.413 e. The molecule has 2 N–H and O–H groups in total. The molecule has 104 valence electrons. The van der Waals surface area contributed by atoms with Gasteiger partial charge in [0.05, 0.1) is 14.2 Å². The molecule has 0 fully saturated rings. The van der Waals surface area contributed by atoms with E-state index >= 15 is 0 Å². The fourth-order valence-electron chi connectivity index (χ4n) is 1.58. The number of alkyl carbamates (subject to hydrolysis) is 1. The lowest BCUT2D eigenvalue weighted by atomic mass is 10.2. The summed E-state index contributed by atoms with van der Waals surface area (Å²) in [6.45, 7) is 2.33. The number of methoxy groups -OCH3 is 1. The second kappa shape index (κ2) is 7.11. The minimum absolute atomic E-state index is 0.378. The van der Waals surface area contributed by atoms with Crippen LogP contribution in [0.4, 0.5) is 4.79 Å². The summed E-state index contributed by atoms with van der Waals surface area (Å²) in [6.07, 6.45) is -0.748. The van der Waals surface area contributed by atoms with E-state index in [9.17, 15) is 9.59 Å². The zero-order valence-corrected chi connectivity index (χ0v) is 12.0. The maximum atomic E-state index is 11.8. The molecule has 1 aromatic rings. The van der Waals surface area contributed by atoms with Gasteiger partial charge in [-0.05, 0) is 13.0 Å². The van der Waals surface area contributed by atoms with E-state index in [4.69, 9.17) is 11.6 Å². The lowest BCUT2D eigenvalue weighted by molar-refractivity contribution is -0.908. The SMILES string of the molecule is COC(=O)NC(=O)[C@H](C)[NH+](C)Cc1ccccc1Cl. The molecule has 2 atom stereocenters. The number of rotatable bonds is 4. The Morgan fingerprint density at radius 2 is 2.05 bits per heavy atom. The van der Waals surface area contributed by atoms with E-state index in [2.05, 4.69) is 10.1 Å². The molecule has 0 aliphatic rings. The van der Waals surface area contributed by atoms with E-state index in [-0.39, 0.29) is 5.91 Å². The molecule has 19 heavy (non-hydrogen) atoms. The molecule has 0 bridgehead atoms. The summed E-state index contributed by atoms with van der Waals surface area (Å²) in [4.78, 5) is 23.7. The molecule has 1 aromatic carbocycles. The van der Waals surface area contributed by atoms with Gasteiger partial charge in [-0.3, -0.25) is 10.1 Å². The predicted octanol–water partition coefficient (Wildman–Crippen LogP) is 0.626. The van der Waals surface area contributed by atoms with Crippen LogP contribution in [0.15, 0.2) is 24.3 Å². The van der Waals surface area contributed by atoms with Gasteiger partial charge in [-0.15, -0.1) is 0 Å². The number of hydrogen-bond acceptors (Lipinski definition) is 3. The van der Waals surface area contributed by atoms with Crippen LogP contribution in [-0.2, 0) is 16.1 Å². The van der Waals surface area contributed by atoms with Gasteiger partial charge in [0.15, 0.2) is 6.04 Å². The molecule has 0 saturated carbocycles. The Hall–Kier alpha value is -1.59. The molecule has 1 rings (SSSR count). The average Bonchev–Trinajstić information content (AvgIpc) is 2.40. The molecule has 1 unspecified atom stereocenters. The van der Waals surface area contributed by atoms with Crippen LogP contribution in [0.25, 0.3) is 0 Å². The first kappa shape index (κ1) is 15.5. The highest BCUT2D eigenvalue weighted by atomic mass is 35.5. The Morgan fingerprint density at radius 3 is 2.63 bits per heavy atom. The highest BCUT2D eigenvalue weighted by Crippen LogP contribution is 2.13. The number of hydrogen-bond donors (Lipinski definition) is 2. The summed E-state index contributed by atoms with van der Waals surface area (Å²) in [6, 6.07) is 7.08. The Balaban J connectivity index is 2.62. The van der Waals surface area contributed by atoms with Gasteiger partial charge in [-0.25, -0.2) is 4.79 Å². The number of quaternary nitrogens is 1. The topological polar surface area (TPSA) is 59.8 Å². The number of benzene rings is 1. The highest BCUT2D eigenvalue weighted by Gasteiger charge is 2.24. The first-order valence-corrected chi connectivity index (χ1v) is 6.28. The monoisotopic (exact) mass is 285 g/mol. The van der Waals surface area contributed by atoms with Crippen molar-refractivity contribution < 1.29 is 19.2 Å². The van der Waals surface area contributed by atoms with E-state index < -0.39 is 12.1 Å². The van der Waals surface area contributed by atoms with Gasteiger partial charge in [-0.1, -0.05) is 29.8 Å². The molecular weight excluding hydrogens is 268 g/mol. The lowest BCUT2D eigenvalue weighted by Crippen LogP contribution is -3.12. The number of nitrogens with one attached hydrogen (secondary N) is 2. The van der Waals surface area contributed by atoms with E-state index in [0.29, 0.717) is 11.6 Å². The molecule has 0 saturated heterocycles. The number of halogens is 1. The third-order valence-corrected chi connectivity index (χ3v) is 3.34. The minimum atomic E-state index is -0.748. The van der Waals surface area contributed by atoms with Crippen LogP contribution in [0, 0.1) is 0 Å². The van der Waals surface area contributed by atoms with Crippen LogP contribution in [0.1, 0.15) is 12.5 Å². The number of carbonyl (C=O) groups is 2. The first-order chi connectivity index (χ1) is 8.95. The first-order valence-electron chi connectivity index (χ1n) is 5.90. The molecule has 0 aliphatic carbocycles. The van der Waals surface area contributed by atoms with Gasteiger partial charge in [0.2, 0.25) is 0 Å². The zero-order chi connectivity index (χ0) is 14.4. The Labute approximate surface area is 117 Å². The molecule has 5 nitrogen and oxygen atoms in total. The highest BCUT2D eigenvalue weighted by molar-refractivity contribution is 6.31. The van der Waals surface area contributed by atoms with Gasteiger partial charge in [-0.2, -0.15) is 0 Å². The van der Waals surface area contributed by atoms with Gasteiger partial charge in [0, 0.05) is 10.6 Å². The van der Waals surface area contributed by atoms with Crippen molar-refractivity contribution in [3.05, 3.63) is 34.9 Å². The Kier molecular flexibility index (Phi) is 5.79. The van der Waals surface area contributed by atoms with E-state index in [1.807, 2.05) is 31.3 Å². The van der Waals surface area contributed by atoms with Gasteiger partial charge >= 0.3 is 6.09 Å². The normalized spacial score (nSPS) is 13.5. The standard InChI is InChI=1S/C13H17ClN2O3/c1-9(12(17)15-13(18)19-3)16(2)8-10-6-4-5-7-11(10)14/h4-7,9H,8H2,1-3H3,(H,15,17,18)/p+1/t9-/m0/s1. The van der Waals surface area contributed by atoms with Gasteiger partial charge in [0.1, 0.15) is 6.54 Å². The summed E-state index contributed by atoms with van der Waals surface area (Å²) >= 11 is 6.07. The smallest absolute Gasteiger partial charge is 0.413 e. The molecule has 2 amide bonds. The molecule has 0 radical (unpaired) electrons. The summed E-state index contributed by atoms with van der Waals surface area (Å²) in [5.74, 6) is -0.378. The van der Waals surface area contributed by atoms with Crippen molar-refractivity contribution in [3.8, 4) is 0 Å². The minimum Gasteiger partial charge on any atom is -0.453 e. The van der Waals surface area contributed by atoms with Gasteiger partial charge < -0.3 is 9.64 Å². The molecule has 0 spiro atoms. The van der Waals surface area contributed by atoms with Crippen molar-refractivity contribution in [2.45, 2.75) is 19.5 Å². The Bertz CT molecular complexity index is 465. The third kappa shape index (κ3) is 4.54. The van der Waals surface area contributed by atoms with Crippen molar-refractivity contribution in [1.29, 1.82) is 0 Å². The molecule has 0 heterocycles. The van der Waals surface area contributed by atoms with Crippen LogP contribution < -0.4 is 10.2 Å². The lowest BCUT2D eigenvalue weighted by Gasteiger charge is -2.20. The van der Waals surface area contributed by atoms with Crippen molar-refractivity contribution in [2.75, 3.05) is 14.2 Å². The van der Waals surface area contributed by atoms with Crippen LogP contribution in [0.2, 0.25) is 5.02 Å². The van der Waals surface area contributed by atoms with Crippen LogP contribution in [0.3, 0.4) is 0 Å². The van der Waals surface area contributed by atoms with Crippen molar-refractivity contribution in [2.24, 2.45) is 0 Å². The summed E-state index contributed by atoms with van der Waals surface area (Å²) in [5.41, 5.74) is 0.958. The fraction of sp³-hybridized carbons (Fsp3) is 0.385. The van der Waals surface area contributed by atoms with E-state index in [1.54, 1.807) is 6.92 Å². The largest absolute Gasteiger partial charge is 0.453 e. The summed E-state index contributed by atoms with van der Waals surface area (Å²) in [7, 11) is 3.08. The number of ether oxygens (including phenoxy) is 1. The molecule has 6 heteroatoms. The Morgan fingerprint density at radius 1 is 1.42 bits per heavy atom. The number of carbonyl (C=O) groups excluding carboxylic acids is 2. The molecule has 0 aromatic heterocycles. The van der Waals surface area contributed by atoms with E-state index in [1.165, 1.54) is 7.11 Å². The number of imide groups is 1. The second-order valence-electron chi connectivity index (χ2n) is 4.32. The quantitative estimate of drug-likeness (QED) is 0.853. The van der Waals surface area contributed by atoms with Crippen molar-refractivity contribution in [3.63, 3.8) is 0 Å². The predicted molar refractivity (Wildman–Crippen MR) is 72.1 cm³/mol. The number of likely N-dealkylation sites (N-methyl/N-ethyl adjacent to an activating group) is 1. The summed E-state index contributed by atoms with van der Waals surface area (Å²) in [5, 5.41) is 2.83. The fourth-order valence-corrected chi connectivity index (χ4v) is 1.78. The summed E-state index contributed by atoms with van der Waals surface area (Å²) < 4.78 is 4.39. The van der Waals surface area contributed by atoms with Crippen molar-refractivity contribution in [1.82, 2.24) is 5.32 Å². The van der Waals surface area contributed by atoms with Crippen LogP contribution >= 0.6 is 11.6 Å². The number of amides is 2. The van der Waals surface area contributed by atoms with Crippen LogP contribution in [-0.4, -0.2) is 32.2 Å². The maximum absolute atomic E-state index is 11.8. The second-order valence-corrected chi connectivity index (χ2v) is 4.72. The average molecular weight is 286 g/mol. The molecule has 0 aliphatic heterocycles. The van der Waals surface area contributed by atoms with E-state index in [0.717, 1.165) is 10.5 Å².